The van der Waals surface area contributed by atoms with Crippen LogP contribution in [0.25, 0.3) is 10.1 Å². The Balaban J connectivity index is 2.82. The standard InChI is InChI=1S/C9H4BrNOS/c10-9-2-5-1-6(4-11)7(12)3-8(5)13-9/h1-3,12H. The van der Waals surface area contributed by atoms with Crippen LogP contribution in [0.3, 0.4) is 0 Å². The van der Waals surface area contributed by atoms with Crippen LogP contribution < -0.4 is 0 Å². The molecule has 0 saturated heterocycles. The van der Waals surface area contributed by atoms with Crippen molar-refractivity contribution in [2.24, 2.45) is 0 Å². The van der Waals surface area contributed by atoms with Gasteiger partial charge in [-0.05, 0) is 39.5 Å². The van der Waals surface area contributed by atoms with Gasteiger partial charge < -0.3 is 5.11 Å². The number of phenolic OH excluding ortho intramolecular Hbond substituents is 1. The quantitative estimate of drug-likeness (QED) is 0.784. The molecule has 64 valence electrons. The van der Waals surface area contributed by atoms with Gasteiger partial charge in [0.15, 0.2) is 0 Å². The summed E-state index contributed by atoms with van der Waals surface area (Å²) in [6.07, 6.45) is 0. The highest BCUT2D eigenvalue weighted by Gasteiger charge is 2.05. The lowest BCUT2D eigenvalue weighted by Gasteiger charge is -1.94. The van der Waals surface area contributed by atoms with Crippen LogP contribution in [0.15, 0.2) is 22.0 Å². The van der Waals surface area contributed by atoms with Crippen molar-refractivity contribution in [2.75, 3.05) is 0 Å². The lowest BCUT2D eigenvalue weighted by atomic mass is 10.2. The number of fused-ring (bicyclic) bond motifs is 1. The average molecular weight is 254 g/mol. The van der Waals surface area contributed by atoms with Crippen molar-refractivity contribution in [3.8, 4) is 11.8 Å². The van der Waals surface area contributed by atoms with Crippen molar-refractivity contribution in [1.29, 1.82) is 5.26 Å². The van der Waals surface area contributed by atoms with Gasteiger partial charge in [-0.1, -0.05) is 0 Å². The fourth-order valence-electron chi connectivity index (χ4n) is 1.13. The van der Waals surface area contributed by atoms with Crippen LogP contribution in [0.4, 0.5) is 0 Å². The predicted molar refractivity (Wildman–Crippen MR) is 55.9 cm³/mol. The zero-order chi connectivity index (χ0) is 9.42. The zero-order valence-corrected chi connectivity index (χ0v) is 8.82. The van der Waals surface area contributed by atoms with E-state index >= 15 is 0 Å². The zero-order valence-electron chi connectivity index (χ0n) is 6.41. The first-order chi connectivity index (χ1) is 6.20. The summed E-state index contributed by atoms with van der Waals surface area (Å²) in [6, 6.07) is 7.17. The number of hydrogen-bond donors (Lipinski definition) is 1. The molecule has 0 spiro atoms. The van der Waals surface area contributed by atoms with Crippen LogP contribution in [-0.4, -0.2) is 5.11 Å². The molecule has 0 amide bonds. The summed E-state index contributed by atoms with van der Waals surface area (Å²) in [6.45, 7) is 0. The Labute approximate surface area is 87.2 Å². The largest absolute Gasteiger partial charge is 0.507 e. The fraction of sp³-hybridized carbons (Fsp3) is 0. The number of aromatic hydroxyl groups is 1. The van der Waals surface area contributed by atoms with Crippen LogP contribution in [0, 0.1) is 11.3 Å². The molecule has 1 N–H and O–H groups in total. The molecule has 0 aliphatic rings. The molecule has 0 saturated carbocycles. The molecule has 0 unspecified atom stereocenters. The minimum Gasteiger partial charge on any atom is -0.507 e. The third-order valence-corrected chi connectivity index (χ3v) is 3.33. The van der Waals surface area contributed by atoms with Crippen LogP contribution >= 0.6 is 27.3 Å². The molecular formula is C9H4BrNOS. The van der Waals surface area contributed by atoms with Gasteiger partial charge in [0.05, 0.1) is 9.35 Å². The number of nitriles is 1. The topological polar surface area (TPSA) is 44.0 Å². The first kappa shape index (κ1) is 8.54. The van der Waals surface area contributed by atoms with E-state index in [1.807, 2.05) is 12.1 Å². The van der Waals surface area contributed by atoms with Crippen molar-refractivity contribution in [3.63, 3.8) is 0 Å². The summed E-state index contributed by atoms with van der Waals surface area (Å²) in [5, 5.41) is 19.0. The molecule has 1 heterocycles. The van der Waals surface area contributed by atoms with Crippen molar-refractivity contribution in [1.82, 2.24) is 0 Å². The van der Waals surface area contributed by atoms with Gasteiger partial charge in [0.1, 0.15) is 11.8 Å². The van der Waals surface area contributed by atoms with Gasteiger partial charge in [-0.2, -0.15) is 5.26 Å². The molecule has 0 atom stereocenters. The highest BCUT2D eigenvalue weighted by molar-refractivity contribution is 9.11. The minimum atomic E-state index is 0.0457. The van der Waals surface area contributed by atoms with E-state index < -0.39 is 0 Å². The molecule has 0 aliphatic carbocycles. The highest BCUT2D eigenvalue weighted by atomic mass is 79.9. The fourth-order valence-corrected chi connectivity index (χ4v) is 2.71. The van der Waals surface area contributed by atoms with Crippen LogP contribution in [0.5, 0.6) is 5.75 Å². The van der Waals surface area contributed by atoms with Crippen molar-refractivity contribution < 1.29 is 5.11 Å². The Morgan fingerprint density at radius 3 is 2.85 bits per heavy atom. The van der Waals surface area contributed by atoms with Crippen LogP contribution in [0.2, 0.25) is 0 Å². The second-order valence-corrected chi connectivity index (χ2v) is 5.03. The Hall–Kier alpha value is -1.05. The molecule has 1 aromatic heterocycles. The first-order valence-electron chi connectivity index (χ1n) is 3.53. The Morgan fingerprint density at radius 1 is 1.38 bits per heavy atom. The van der Waals surface area contributed by atoms with Gasteiger partial charge in [0.25, 0.3) is 0 Å². The number of rotatable bonds is 0. The molecule has 2 aromatic rings. The predicted octanol–water partition coefficient (Wildman–Crippen LogP) is 3.24. The summed E-state index contributed by atoms with van der Waals surface area (Å²) in [5.74, 6) is 0.0457. The van der Waals surface area contributed by atoms with E-state index in [9.17, 15) is 5.11 Å². The first-order valence-corrected chi connectivity index (χ1v) is 5.14. The van der Waals surface area contributed by atoms with Gasteiger partial charge in [-0.25, -0.2) is 0 Å². The number of thiophene rings is 1. The maximum atomic E-state index is 9.39. The second-order valence-electron chi connectivity index (χ2n) is 2.57. The van der Waals surface area contributed by atoms with Crippen molar-refractivity contribution >= 4 is 37.4 Å². The van der Waals surface area contributed by atoms with Crippen molar-refractivity contribution in [2.45, 2.75) is 0 Å². The number of phenols is 1. The third kappa shape index (κ3) is 1.41. The Morgan fingerprint density at radius 2 is 2.15 bits per heavy atom. The Kier molecular flexibility index (Phi) is 1.98. The van der Waals surface area contributed by atoms with E-state index in [0.29, 0.717) is 5.56 Å². The molecule has 1 aromatic carbocycles. The minimum absolute atomic E-state index is 0.0457. The lowest BCUT2D eigenvalue weighted by Crippen LogP contribution is -1.74. The molecule has 0 bridgehead atoms. The molecule has 13 heavy (non-hydrogen) atoms. The molecular weight excluding hydrogens is 250 g/mol. The monoisotopic (exact) mass is 253 g/mol. The van der Waals surface area contributed by atoms with E-state index in [-0.39, 0.29) is 5.75 Å². The van der Waals surface area contributed by atoms with Crippen LogP contribution in [0.1, 0.15) is 5.56 Å². The normalized spacial score (nSPS) is 10.2. The number of nitrogens with zero attached hydrogens (tertiary/aromatic N) is 1. The van der Waals surface area contributed by atoms with Crippen LogP contribution in [-0.2, 0) is 0 Å². The highest BCUT2D eigenvalue weighted by Crippen LogP contribution is 2.33. The average Bonchev–Trinajstić information content (AvgIpc) is 2.42. The third-order valence-electron chi connectivity index (χ3n) is 1.73. The maximum Gasteiger partial charge on any atom is 0.134 e. The SMILES string of the molecule is N#Cc1cc2cc(Br)sc2cc1O. The molecule has 4 heteroatoms. The van der Waals surface area contributed by atoms with E-state index in [0.717, 1.165) is 13.9 Å². The van der Waals surface area contributed by atoms with E-state index in [4.69, 9.17) is 5.26 Å². The summed E-state index contributed by atoms with van der Waals surface area (Å²) >= 11 is 4.88. The van der Waals surface area contributed by atoms with Gasteiger partial charge in [0, 0.05) is 4.70 Å². The van der Waals surface area contributed by atoms with E-state index in [1.54, 1.807) is 12.1 Å². The lowest BCUT2D eigenvalue weighted by molar-refractivity contribution is 0.474. The van der Waals surface area contributed by atoms with E-state index in [2.05, 4.69) is 15.9 Å². The summed E-state index contributed by atoms with van der Waals surface area (Å²) in [7, 11) is 0. The number of hydrogen-bond acceptors (Lipinski definition) is 3. The Bertz CT molecular complexity index is 512. The molecule has 2 rings (SSSR count). The molecule has 0 fully saturated rings. The maximum absolute atomic E-state index is 9.39. The van der Waals surface area contributed by atoms with E-state index in [1.165, 1.54) is 11.3 Å². The van der Waals surface area contributed by atoms with Gasteiger partial charge in [-0.3, -0.25) is 0 Å². The number of halogens is 1. The summed E-state index contributed by atoms with van der Waals surface area (Å²) < 4.78 is 1.97. The summed E-state index contributed by atoms with van der Waals surface area (Å²) in [4.78, 5) is 0. The van der Waals surface area contributed by atoms with Gasteiger partial charge in [-0.15, -0.1) is 11.3 Å². The number of benzene rings is 1. The second kappa shape index (κ2) is 3.02. The van der Waals surface area contributed by atoms with Gasteiger partial charge >= 0.3 is 0 Å². The summed E-state index contributed by atoms with van der Waals surface area (Å²) in [5.41, 5.74) is 0.317. The van der Waals surface area contributed by atoms with Crippen molar-refractivity contribution in [3.05, 3.63) is 27.5 Å². The van der Waals surface area contributed by atoms with Gasteiger partial charge in [0.2, 0.25) is 0 Å². The molecule has 2 nitrogen and oxygen atoms in total. The molecule has 0 radical (unpaired) electrons. The molecule has 0 aliphatic heterocycles. The smallest absolute Gasteiger partial charge is 0.134 e.